The van der Waals surface area contributed by atoms with Crippen molar-refractivity contribution >= 4 is 58.8 Å². The smallest absolute Gasteiger partial charge is 0.269 e. The quantitative estimate of drug-likeness (QED) is 0.783. The van der Waals surface area contributed by atoms with Gasteiger partial charge in [-0.2, -0.15) is 0 Å². The Morgan fingerprint density at radius 1 is 1.48 bits per heavy atom. The molecule has 0 bridgehead atoms. The number of halogens is 2. The number of aryl methyl sites for hydroxylation is 1. The Kier molecular flexibility index (Phi) is 4.97. The Hall–Kier alpha value is -1.03. The highest BCUT2D eigenvalue weighted by Gasteiger charge is 2.18. The van der Waals surface area contributed by atoms with Crippen molar-refractivity contribution in [2.75, 3.05) is 5.32 Å². The molecule has 1 aromatic heterocycles. The predicted octanol–water partition coefficient (Wildman–Crippen LogP) is 3.04. The number of aromatic nitrogens is 2. The van der Waals surface area contributed by atoms with Crippen molar-refractivity contribution in [2.24, 2.45) is 0 Å². The van der Waals surface area contributed by atoms with Gasteiger partial charge in [0.1, 0.15) is 4.88 Å². The zero-order chi connectivity index (χ0) is 15.6. The second kappa shape index (κ2) is 6.39. The van der Waals surface area contributed by atoms with Gasteiger partial charge < -0.3 is 5.32 Å². The molecule has 1 N–H and O–H groups in total. The lowest BCUT2D eigenvalue weighted by Gasteiger charge is -2.06. The van der Waals surface area contributed by atoms with Gasteiger partial charge in [-0.15, -0.1) is 5.10 Å². The summed E-state index contributed by atoms with van der Waals surface area (Å²) >= 11 is 4.12. The molecule has 1 aromatic carbocycles. The van der Waals surface area contributed by atoms with Gasteiger partial charge in [0.25, 0.3) is 15.0 Å². The summed E-state index contributed by atoms with van der Waals surface area (Å²) in [5.74, 6) is -0.338. The lowest BCUT2D eigenvalue weighted by Crippen LogP contribution is -2.12. The van der Waals surface area contributed by atoms with Crippen molar-refractivity contribution in [1.82, 2.24) is 9.59 Å². The molecule has 0 radical (unpaired) electrons. The minimum absolute atomic E-state index is 0.0594. The summed E-state index contributed by atoms with van der Waals surface area (Å²) in [6.45, 7) is 1.88. The number of hydrogen-bond donors (Lipinski definition) is 1. The molecular formula is C11H9BrClN3O3S2. The summed E-state index contributed by atoms with van der Waals surface area (Å²) in [7, 11) is 1.44. The van der Waals surface area contributed by atoms with Crippen LogP contribution in [0.4, 0.5) is 5.69 Å². The molecule has 0 saturated carbocycles. The zero-order valence-corrected chi connectivity index (χ0v) is 14.6. The fraction of sp³-hybridized carbons (Fsp3) is 0.182. The normalized spacial score (nSPS) is 11.4. The first-order valence-corrected chi connectivity index (χ1v) is 9.57. The van der Waals surface area contributed by atoms with E-state index in [1.54, 1.807) is 0 Å². The Balaban J connectivity index is 2.25. The maximum Gasteiger partial charge on any atom is 0.269 e. The molecule has 1 heterocycles. The van der Waals surface area contributed by atoms with Crippen molar-refractivity contribution < 1.29 is 13.2 Å². The molecule has 112 valence electrons. The number of nitrogens with one attached hydrogen (secondary N) is 1. The molecule has 0 unspecified atom stereocenters. The van der Waals surface area contributed by atoms with E-state index in [4.69, 9.17) is 10.7 Å². The third-order valence-electron chi connectivity index (χ3n) is 2.55. The van der Waals surface area contributed by atoms with Gasteiger partial charge >= 0.3 is 0 Å². The molecule has 0 aliphatic carbocycles. The largest absolute Gasteiger partial charge is 0.321 e. The first kappa shape index (κ1) is 16.3. The van der Waals surface area contributed by atoms with E-state index in [9.17, 15) is 13.2 Å². The highest BCUT2D eigenvalue weighted by Crippen LogP contribution is 2.28. The minimum atomic E-state index is -3.84. The van der Waals surface area contributed by atoms with Crippen LogP contribution >= 0.6 is 38.1 Å². The predicted molar refractivity (Wildman–Crippen MR) is 84.4 cm³/mol. The van der Waals surface area contributed by atoms with E-state index in [1.807, 2.05) is 6.92 Å². The van der Waals surface area contributed by atoms with Crippen LogP contribution in [0.3, 0.4) is 0 Å². The third kappa shape index (κ3) is 3.79. The molecule has 0 aliphatic heterocycles. The average molecular weight is 411 g/mol. The van der Waals surface area contributed by atoms with E-state index in [2.05, 4.69) is 30.8 Å². The van der Waals surface area contributed by atoms with Crippen LogP contribution in [0.25, 0.3) is 0 Å². The van der Waals surface area contributed by atoms with Crippen molar-refractivity contribution in [3.05, 3.63) is 33.2 Å². The zero-order valence-electron chi connectivity index (χ0n) is 10.6. The van der Waals surface area contributed by atoms with E-state index in [1.165, 1.54) is 18.2 Å². The second-order valence-corrected chi connectivity index (χ2v) is 8.08. The Morgan fingerprint density at radius 2 is 2.19 bits per heavy atom. The van der Waals surface area contributed by atoms with Gasteiger partial charge in [0.15, 0.2) is 0 Å². The maximum atomic E-state index is 12.1. The van der Waals surface area contributed by atoms with Crippen LogP contribution in [0.2, 0.25) is 0 Å². The third-order valence-corrected chi connectivity index (χ3v) is 5.61. The topological polar surface area (TPSA) is 89.0 Å². The Labute approximate surface area is 138 Å². The van der Waals surface area contributed by atoms with Crippen LogP contribution in [-0.4, -0.2) is 23.9 Å². The number of hydrogen-bond acceptors (Lipinski definition) is 6. The van der Waals surface area contributed by atoms with E-state index in [0.717, 1.165) is 11.5 Å². The lowest BCUT2D eigenvalue weighted by molar-refractivity contribution is 0.102. The first-order valence-electron chi connectivity index (χ1n) is 5.69. The minimum Gasteiger partial charge on any atom is -0.321 e. The standard InChI is InChI=1S/C11H9BrClN3O3S2/c1-2-8-10(20-16-15-8)11(17)14-6-3-4-9(7(12)5-6)21(13,18)19/h3-5H,2H2,1H3,(H,14,17). The molecule has 21 heavy (non-hydrogen) atoms. The van der Waals surface area contributed by atoms with Gasteiger partial charge in [0.2, 0.25) is 0 Å². The van der Waals surface area contributed by atoms with Crippen LogP contribution in [0.1, 0.15) is 22.3 Å². The number of carbonyl (C=O) groups is 1. The summed E-state index contributed by atoms with van der Waals surface area (Å²) in [5.41, 5.74) is 1.06. The first-order chi connectivity index (χ1) is 9.82. The average Bonchev–Trinajstić information content (AvgIpc) is 2.85. The molecule has 0 atom stereocenters. The molecule has 6 nitrogen and oxygen atoms in total. The molecule has 2 aromatic rings. The van der Waals surface area contributed by atoms with E-state index in [-0.39, 0.29) is 15.3 Å². The van der Waals surface area contributed by atoms with Crippen molar-refractivity contribution in [2.45, 2.75) is 18.2 Å². The van der Waals surface area contributed by atoms with Crippen molar-refractivity contribution in [1.29, 1.82) is 0 Å². The summed E-state index contributed by atoms with van der Waals surface area (Å²) in [4.78, 5) is 12.5. The lowest BCUT2D eigenvalue weighted by atomic mass is 10.2. The van der Waals surface area contributed by atoms with Crippen LogP contribution in [0.5, 0.6) is 0 Å². The number of rotatable bonds is 4. The summed E-state index contributed by atoms with van der Waals surface area (Å²) in [6.07, 6.45) is 0.604. The van der Waals surface area contributed by atoms with Crippen LogP contribution < -0.4 is 5.32 Å². The molecule has 10 heteroatoms. The van der Waals surface area contributed by atoms with E-state index < -0.39 is 9.05 Å². The summed E-state index contributed by atoms with van der Waals surface area (Å²) in [5, 5.41) is 6.53. The molecule has 0 fully saturated rings. The fourth-order valence-electron chi connectivity index (χ4n) is 1.58. The second-order valence-electron chi connectivity index (χ2n) is 3.94. The highest BCUT2D eigenvalue weighted by molar-refractivity contribution is 9.10. The summed E-state index contributed by atoms with van der Waals surface area (Å²) in [6, 6.07) is 4.24. The monoisotopic (exact) mass is 409 g/mol. The van der Waals surface area contributed by atoms with Crippen molar-refractivity contribution in [3.63, 3.8) is 0 Å². The SMILES string of the molecule is CCc1nnsc1C(=O)Nc1ccc(S(=O)(=O)Cl)c(Br)c1. The van der Waals surface area contributed by atoms with Crippen LogP contribution in [0.15, 0.2) is 27.6 Å². The van der Waals surface area contributed by atoms with Gasteiger partial charge in [0, 0.05) is 20.8 Å². The maximum absolute atomic E-state index is 12.1. The van der Waals surface area contributed by atoms with E-state index >= 15 is 0 Å². The Bertz CT molecular complexity index is 792. The highest BCUT2D eigenvalue weighted by atomic mass is 79.9. The number of anilines is 1. The number of carbonyl (C=O) groups excluding carboxylic acids is 1. The molecule has 0 saturated heterocycles. The van der Waals surface area contributed by atoms with Gasteiger partial charge in [-0.05, 0) is 52.1 Å². The molecule has 1 amide bonds. The van der Waals surface area contributed by atoms with Gasteiger partial charge in [-0.25, -0.2) is 8.42 Å². The van der Waals surface area contributed by atoms with Crippen LogP contribution in [-0.2, 0) is 15.5 Å². The van der Waals surface area contributed by atoms with E-state index in [0.29, 0.717) is 22.7 Å². The van der Waals surface area contributed by atoms with Gasteiger partial charge in [-0.1, -0.05) is 11.4 Å². The number of benzene rings is 1. The molecule has 2 rings (SSSR count). The summed E-state index contributed by atoms with van der Waals surface area (Å²) < 4.78 is 26.6. The van der Waals surface area contributed by atoms with Crippen molar-refractivity contribution in [3.8, 4) is 0 Å². The molecule has 0 spiro atoms. The Morgan fingerprint density at radius 3 is 2.76 bits per heavy atom. The number of nitrogens with zero attached hydrogens (tertiary/aromatic N) is 2. The van der Waals surface area contributed by atoms with Gasteiger partial charge in [0.05, 0.1) is 10.6 Å². The van der Waals surface area contributed by atoms with Gasteiger partial charge in [-0.3, -0.25) is 4.79 Å². The molecular weight excluding hydrogens is 402 g/mol. The van der Waals surface area contributed by atoms with Crippen LogP contribution in [0, 0.1) is 0 Å². The fourth-order valence-corrected chi connectivity index (χ4v) is 4.45. The number of amides is 1. The molecule has 0 aliphatic rings.